The van der Waals surface area contributed by atoms with Gasteiger partial charge in [0.05, 0.1) is 11.0 Å². The van der Waals surface area contributed by atoms with E-state index in [0.29, 0.717) is 0 Å². The summed E-state index contributed by atoms with van der Waals surface area (Å²) in [5.74, 6) is 0. The summed E-state index contributed by atoms with van der Waals surface area (Å²) in [6.07, 6.45) is 0. The monoisotopic (exact) mass is 347 g/mol. The van der Waals surface area contributed by atoms with E-state index in [9.17, 15) is 0 Å². The summed E-state index contributed by atoms with van der Waals surface area (Å²) in [6, 6.07) is 25.4. The molecule has 3 aromatic carbocycles. The van der Waals surface area contributed by atoms with Crippen LogP contribution in [0.25, 0.3) is 32.9 Å². The molecule has 0 aliphatic carbocycles. The third kappa shape index (κ3) is 2.20. The average Bonchev–Trinajstić information content (AvgIpc) is 2.59. The Bertz CT molecular complexity index is 961. The fourth-order valence-electron chi connectivity index (χ4n) is 2.95. The van der Waals surface area contributed by atoms with Gasteiger partial charge in [0.25, 0.3) is 0 Å². The molecule has 0 saturated carbocycles. The molecule has 0 bridgehead atoms. The van der Waals surface area contributed by atoms with Crippen molar-refractivity contribution in [3.05, 3.63) is 78.4 Å². The average molecular weight is 348 g/mol. The summed E-state index contributed by atoms with van der Waals surface area (Å²) in [6.45, 7) is 0. The Hall–Kier alpha value is -2.19. The van der Waals surface area contributed by atoms with E-state index >= 15 is 0 Å². The van der Waals surface area contributed by atoms with Gasteiger partial charge in [-0.2, -0.15) is 0 Å². The van der Waals surface area contributed by atoms with E-state index in [-0.39, 0.29) is 0 Å². The van der Waals surface area contributed by atoms with Gasteiger partial charge in [0, 0.05) is 16.1 Å². The molecular weight excluding hydrogens is 334 g/mol. The number of halogens is 1. The molecule has 0 N–H and O–H groups in total. The highest BCUT2D eigenvalue weighted by Gasteiger charge is 2.11. The molecule has 0 aliphatic heterocycles. The second kappa shape index (κ2) is 5.54. The van der Waals surface area contributed by atoms with Crippen LogP contribution >= 0.6 is 15.9 Å². The Morgan fingerprint density at radius 1 is 0.773 bits per heavy atom. The van der Waals surface area contributed by atoms with Crippen molar-refractivity contribution in [1.29, 1.82) is 0 Å². The Balaban J connectivity index is 2.13. The largest absolute Gasteiger partial charge is 0.248 e. The summed E-state index contributed by atoms with van der Waals surface area (Å²) in [5, 5.41) is 3.22. The standard InChI is InChI=1S/C20H14BrN/c21-13-16-10-11-19-17(20(16)14-6-2-1-3-7-14)12-15-8-4-5-9-18(15)22-19/h1-12H,13H2. The first-order chi connectivity index (χ1) is 10.9. The summed E-state index contributed by atoms with van der Waals surface area (Å²) < 4.78 is 0. The molecule has 4 aromatic rings. The van der Waals surface area contributed by atoms with Crippen LogP contribution in [0.2, 0.25) is 0 Å². The molecule has 0 fully saturated rings. The van der Waals surface area contributed by atoms with Crippen molar-refractivity contribution in [2.75, 3.05) is 0 Å². The number of nitrogens with zero attached hydrogens (tertiary/aromatic N) is 1. The molecule has 0 amide bonds. The van der Waals surface area contributed by atoms with Gasteiger partial charge in [-0.05, 0) is 34.9 Å². The molecule has 1 heterocycles. The molecule has 0 spiro atoms. The van der Waals surface area contributed by atoms with Gasteiger partial charge in [-0.25, -0.2) is 4.98 Å². The van der Waals surface area contributed by atoms with Crippen LogP contribution in [0.15, 0.2) is 72.8 Å². The number of alkyl halides is 1. The lowest BCUT2D eigenvalue weighted by Crippen LogP contribution is -1.91. The van der Waals surface area contributed by atoms with Crippen molar-refractivity contribution < 1.29 is 0 Å². The van der Waals surface area contributed by atoms with Gasteiger partial charge in [-0.1, -0.05) is 70.5 Å². The van der Waals surface area contributed by atoms with Crippen LogP contribution in [0.4, 0.5) is 0 Å². The highest BCUT2D eigenvalue weighted by molar-refractivity contribution is 9.08. The fourth-order valence-corrected chi connectivity index (χ4v) is 3.42. The predicted molar refractivity (Wildman–Crippen MR) is 97.3 cm³/mol. The van der Waals surface area contributed by atoms with Crippen molar-refractivity contribution in [1.82, 2.24) is 4.98 Å². The number of rotatable bonds is 2. The zero-order valence-electron chi connectivity index (χ0n) is 12.0. The van der Waals surface area contributed by atoms with E-state index in [4.69, 9.17) is 4.98 Å². The van der Waals surface area contributed by atoms with Gasteiger partial charge in [0.15, 0.2) is 0 Å². The van der Waals surface area contributed by atoms with E-state index < -0.39 is 0 Å². The van der Waals surface area contributed by atoms with Gasteiger partial charge in [0.2, 0.25) is 0 Å². The lowest BCUT2D eigenvalue weighted by molar-refractivity contribution is 1.42. The SMILES string of the molecule is BrCc1ccc2nc3ccccc3cc2c1-c1ccccc1. The van der Waals surface area contributed by atoms with Crippen LogP contribution < -0.4 is 0 Å². The number of fused-ring (bicyclic) bond motifs is 2. The molecule has 0 saturated heterocycles. The molecule has 1 nitrogen and oxygen atoms in total. The van der Waals surface area contributed by atoms with E-state index in [0.717, 1.165) is 16.4 Å². The second-order valence-electron chi connectivity index (χ2n) is 5.35. The molecule has 0 unspecified atom stereocenters. The number of hydrogen-bond acceptors (Lipinski definition) is 1. The molecule has 1 aromatic heterocycles. The Kier molecular flexibility index (Phi) is 3.39. The van der Waals surface area contributed by atoms with Gasteiger partial charge < -0.3 is 0 Å². The fraction of sp³-hybridized carbons (Fsp3) is 0.0500. The molecule has 0 aliphatic rings. The zero-order chi connectivity index (χ0) is 14.9. The molecule has 0 radical (unpaired) electrons. The zero-order valence-corrected chi connectivity index (χ0v) is 13.5. The maximum absolute atomic E-state index is 4.82. The molecule has 2 heteroatoms. The number of para-hydroxylation sites is 1. The quantitative estimate of drug-likeness (QED) is 0.322. The molecule has 22 heavy (non-hydrogen) atoms. The van der Waals surface area contributed by atoms with Crippen LogP contribution in [0.1, 0.15) is 5.56 Å². The van der Waals surface area contributed by atoms with Crippen LogP contribution in [0.5, 0.6) is 0 Å². The Morgan fingerprint density at radius 3 is 2.36 bits per heavy atom. The van der Waals surface area contributed by atoms with Gasteiger partial charge >= 0.3 is 0 Å². The summed E-state index contributed by atoms with van der Waals surface area (Å²) >= 11 is 3.62. The highest BCUT2D eigenvalue weighted by Crippen LogP contribution is 2.34. The minimum atomic E-state index is 0.833. The minimum absolute atomic E-state index is 0.833. The molecule has 0 atom stereocenters. The van der Waals surface area contributed by atoms with E-state index in [1.54, 1.807) is 0 Å². The Morgan fingerprint density at radius 2 is 1.55 bits per heavy atom. The highest BCUT2D eigenvalue weighted by atomic mass is 79.9. The van der Waals surface area contributed by atoms with Crippen molar-refractivity contribution in [3.8, 4) is 11.1 Å². The third-order valence-electron chi connectivity index (χ3n) is 3.99. The van der Waals surface area contributed by atoms with E-state index in [1.807, 2.05) is 6.07 Å². The molecule has 106 valence electrons. The minimum Gasteiger partial charge on any atom is -0.248 e. The molecular formula is C20H14BrN. The van der Waals surface area contributed by atoms with Crippen molar-refractivity contribution >= 4 is 37.7 Å². The maximum atomic E-state index is 4.82. The van der Waals surface area contributed by atoms with Crippen LogP contribution in [0.3, 0.4) is 0 Å². The number of aromatic nitrogens is 1. The van der Waals surface area contributed by atoms with Gasteiger partial charge in [-0.3, -0.25) is 0 Å². The summed E-state index contributed by atoms with van der Waals surface area (Å²) in [7, 11) is 0. The summed E-state index contributed by atoms with van der Waals surface area (Å²) in [4.78, 5) is 4.82. The Labute approximate surface area is 137 Å². The van der Waals surface area contributed by atoms with Crippen molar-refractivity contribution in [3.63, 3.8) is 0 Å². The van der Waals surface area contributed by atoms with Crippen LogP contribution in [-0.4, -0.2) is 4.98 Å². The van der Waals surface area contributed by atoms with Crippen molar-refractivity contribution in [2.24, 2.45) is 0 Å². The summed E-state index contributed by atoms with van der Waals surface area (Å²) in [5.41, 5.74) is 5.88. The van der Waals surface area contributed by atoms with Crippen LogP contribution in [0, 0.1) is 0 Å². The van der Waals surface area contributed by atoms with Gasteiger partial charge in [-0.15, -0.1) is 0 Å². The van der Waals surface area contributed by atoms with E-state index in [2.05, 4.69) is 82.7 Å². The number of hydrogen-bond donors (Lipinski definition) is 0. The normalized spacial score (nSPS) is 11.1. The first kappa shape index (κ1) is 13.5. The van der Waals surface area contributed by atoms with E-state index in [1.165, 1.54) is 27.5 Å². The number of benzene rings is 3. The van der Waals surface area contributed by atoms with Crippen molar-refractivity contribution in [2.45, 2.75) is 5.33 Å². The number of pyridine rings is 1. The smallest absolute Gasteiger partial charge is 0.0716 e. The topological polar surface area (TPSA) is 12.9 Å². The molecule has 4 rings (SSSR count). The lowest BCUT2D eigenvalue weighted by Gasteiger charge is -2.12. The maximum Gasteiger partial charge on any atom is 0.0716 e. The predicted octanol–water partition coefficient (Wildman–Crippen LogP) is 5.95. The third-order valence-corrected chi connectivity index (χ3v) is 4.60. The van der Waals surface area contributed by atoms with Gasteiger partial charge in [0.1, 0.15) is 0 Å². The first-order valence-electron chi connectivity index (χ1n) is 7.29. The van der Waals surface area contributed by atoms with Crippen LogP contribution in [-0.2, 0) is 5.33 Å². The lowest BCUT2D eigenvalue weighted by atomic mass is 9.95. The second-order valence-corrected chi connectivity index (χ2v) is 5.91. The first-order valence-corrected chi connectivity index (χ1v) is 8.42.